The van der Waals surface area contributed by atoms with E-state index in [0.717, 1.165) is 39.4 Å². The Kier molecular flexibility index (Phi) is 3.40. The van der Waals surface area contributed by atoms with Gasteiger partial charge in [-0.15, -0.1) is 11.3 Å². The smallest absolute Gasteiger partial charge is 0.262 e. The third kappa shape index (κ3) is 2.16. The molecule has 0 aliphatic rings. The molecule has 0 N–H and O–H groups in total. The maximum absolute atomic E-state index is 12.5. The van der Waals surface area contributed by atoms with Crippen LogP contribution in [0.4, 0.5) is 0 Å². The third-order valence-electron chi connectivity index (χ3n) is 3.35. The van der Waals surface area contributed by atoms with Crippen molar-refractivity contribution >= 4 is 21.6 Å². The Hall–Kier alpha value is -1.94. The fourth-order valence-electron chi connectivity index (χ4n) is 2.35. The highest BCUT2D eigenvalue weighted by molar-refractivity contribution is 7.21. The Morgan fingerprint density at radius 2 is 2.00 bits per heavy atom. The van der Waals surface area contributed by atoms with Crippen LogP contribution < -0.4 is 5.56 Å². The van der Waals surface area contributed by atoms with E-state index in [9.17, 15) is 4.79 Å². The molecule has 0 bridgehead atoms. The van der Waals surface area contributed by atoms with Gasteiger partial charge in [0.1, 0.15) is 10.7 Å². The zero-order valence-electron chi connectivity index (χ0n) is 11.6. The van der Waals surface area contributed by atoms with Gasteiger partial charge in [0.2, 0.25) is 0 Å². The molecule has 0 aliphatic carbocycles. The molecule has 2 aromatic heterocycles. The molecular formula is C16H16N2OS. The summed E-state index contributed by atoms with van der Waals surface area (Å²) in [7, 11) is 0. The minimum atomic E-state index is 0.0766. The molecule has 0 radical (unpaired) electrons. The number of fused-ring (bicyclic) bond motifs is 1. The molecule has 0 saturated carbocycles. The molecule has 0 atom stereocenters. The van der Waals surface area contributed by atoms with Crippen LogP contribution in [-0.2, 0) is 6.54 Å². The Morgan fingerprint density at radius 1 is 1.25 bits per heavy atom. The zero-order chi connectivity index (χ0) is 14.1. The highest BCUT2D eigenvalue weighted by Crippen LogP contribution is 2.30. The van der Waals surface area contributed by atoms with Gasteiger partial charge in [0.05, 0.1) is 5.39 Å². The first-order valence-electron chi connectivity index (χ1n) is 6.77. The molecule has 3 rings (SSSR count). The van der Waals surface area contributed by atoms with Crippen LogP contribution in [0.3, 0.4) is 0 Å². The molecule has 3 nitrogen and oxygen atoms in total. The van der Waals surface area contributed by atoms with Crippen molar-refractivity contribution in [2.24, 2.45) is 0 Å². The maximum Gasteiger partial charge on any atom is 0.262 e. The summed E-state index contributed by atoms with van der Waals surface area (Å²) in [5.74, 6) is 0.797. The number of thiophene rings is 1. The summed E-state index contributed by atoms with van der Waals surface area (Å²) in [5, 5.41) is 0.730. The van der Waals surface area contributed by atoms with Crippen molar-refractivity contribution in [1.82, 2.24) is 9.55 Å². The molecule has 102 valence electrons. The first-order chi connectivity index (χ1) is 9.70. The topological polar surface area (TPSA) is 34.9 Å². The second-order valence-electron chi connectivity index (χ2n) is 4.81. The molecule has 0 spiro atoms. The van der Waals surface area contributed by atoms with Crippen molar-refractivity contribution in [3.05, 3.63) is 52.6 Å². The monoisotopic (exact) mass is 284 g/mol. The van der Waals surface area contributed by atoms with Gasteiger partial charge in [-0.05, 0) is 25.0 Å². The summed E-state index contributed by atoms with van der Waals surface area (Å²) in [6, 6.07) is 12.1. The van der Waals surface area contributed by atoms with Gasteiger partial charge in [-0.25, -0.2) is 4.98 Å². The second kappa shape index (κ2) is 5.21. The Bertz CT molecular complexity index is 802. The van der Waals surface area contributed by atoms with Gasteiger partial charge in [-0.2, -0.15) is 0 Å². The van der Waals surface area contributed by atoms with Crippen LogP contribution in [-0.4, -0.2) is 9.55 Å². The van der Waals surface area contributed by atoms with E-state index in [-0.39, 0.29) is 5.56 Å². The quantitative estimate of drug-likeness (QED) is 0.732. The molecule has 4 heteroatoms. The molecule has 0 amide bonds. The number of benzene rings is 1. The summed E-state index contributed by atoms with van der Waals surface area (Å²) in [6.07, 6.45) is 0.934. The number of aryl methyl sites for hydroxylation is 1. The highest BCUT2D eigenvalue weighted by Gasteiger charge is 2.12. The van der Waals surface area contributed by atoms with Crippen LogP contribution in [0.2, 0.25) is 0 Å². The van der Waals surface area contributed by atoms with Gasteiger partial charge in [0.25, 0.3) is 5.56 Å². The lowest BCUT2D eigenvalue weighted by Crippen LogP contribution is -2.23. The summed E-state index contributed by atoms with van der Waals surface area (Å²) < 4.78 is 1.77. The molecule has 0 fully saturated rings. The standard InChI is InChI=1S/C16H16N2OS/c1-3-9-18-11(2)17-15-13(16(18)19)10-14(20-15)12-7-5-4-6-8-12/h4-8,10H,3,9H2,1-2H3. The van der Waals surface area contributed by atoms with Crippen LogP contribution in [0.15, 0.2) is 41.2 Å². The van der Waals surface area contributed by atoms with Gasteiger partial charge in [0, 0.05) is 11.4 Å². The summed E-state index contributed by atoms with van der Waals surface area (Å²) in [4.78, 5) is 19.0. The Morgan fingerprint density at radius 3 is 2.70 bits per heavy atom. The van der Waals surface area contributed by atoms with E-state index in [4.69, 9.17) is 0 Å². The lowest BCUT2D eigenvalue weighted by Gasteiger charge is -2.06. The average molecular weight is 284 g/mol. The molecule has 0 aliphatic heterocycles. The molecule has 0 unspecified atom stereocenters. The van der Waals surface area contributed by atoms with Gasteiger partial charge in [-0.3, -0.25) is 9.36 Å². The van der Waals surface area contributed by atoms with E-state index < -0.39 is 0 Å². The van der Waals surface area contributed by atoms with Gasteiger partial charge in [-0.1, -0.05) is 37.3 Å². The normalized spacial score (nSPS) is 11.1. The van der Waals surface area contributed by atoms with Gasteiger partial charge >= 0.3 is 0 Å². The van der Waals surface area contributed by atoms with Crippen molar-refractivity contribution in [2.45, 2.75) is 26.8 Å². The molecule has 2 heterocycles. The Balaban J connectivity index is 2.22. The molecular weight excluding hydrogens is 268 g/mol. The van der Waals surface area contributed by atoms with Gasteiger partial charge in [0.15, 0.2) is 0 Å². The first-order valence-corrected chi connectivity index (χ1v) is 7.58. The number of hydrogen-bond donors (Lipinski definition) is 0. The van der Waals surface area contributed by atoms with E-state index in [1.54, 1.807) is 15.9 Å². The van der Waals surface area contributed by atoms with E-state index in [1.807, 2.05) is 31.2 Å². The van der Waals surface area contributed by atoms with E-state index in [0.29, 0.717) is 0 Å². The predicted octanol–water partition coefficient (Wildman–Crippen LogP) is 3.84. The van der Waals surface area contributed by atoms with E-state index in [2.05, 4.69) is 24.0 Å². The fourth-order valence-corrected chi connectivity index (χ4v) is 3.42. The number of hydrogen-bond acceptors (Lipinski definition) is 3. The average Bonchev–Trinajstić information content (AvgIpc) is 2.88. The number of rotatable bonds is 3. The van der Waals surface area contributed by atoms with Crippen LogP contribution >= 0.6 is 11.3 Å². The lowest BCUT2D eigenvalue weighted by molar-refractivity contribution is 0.626. The molecule has 1 aromatic carbocycles. The highest BCUT2D eigenvalue weighted by atomic mass is 32.1. The summed E-state index contributed by atoms with van der Waals surface area (Å²) >= 11 is 1.58. The van der Waals surface area contributed by atoms with E-state index >= 15 is 0 Å². The van der Waals surface area contributed by atoms with Crippen LogP contribution in [0.25, 0.3) is 20.7 Å². The third-order valence-corrected chi connectivity index (χ3v) is 4.43. The summed E-state index contributed by atoms with van der Waals surface area (Å²) in [5.41, 5.74) is 1.21. The largest absolute Gasteiger partial charge is 0.296 e. The van der Waals surface area contributed by atoms with Crippen molar-refractivity contribution in [1.29, 1.82) is 0 Å². The molecule has 3 aromatic rings. The lowest BCUT2D eigenvalue weighted by atomic mass is 10.2. The molecule has 0 saturated heterocycles. The zero-order valence-corrected chi connectivity index (χ0v) is 12.4. The molecule has 20 heavy (non-hydrogen) atoms. The first kappa shape index (κ1) is 13.1. The SMILES string of the molecule is CCCn1c(C)nc2sc(-c3ccccc3)cc2c1=O. The van der Waals surface area contributed by atoms with Crippen molar-refractivity contribution in [3.63, 3.8) is 0 Å². The van der Waals surface area contributed by atoms with Gasteiger partial charge < -0.3 is 0 Å². The maximum atomic E-state index is 12.5. The fraction of sp³-hybridized carbons (Fsp3) is 0.250. The Labute approximate surface area is 121 Å². The van der Waals surface area contributed by atoms with Crippen LogP contribution in [0, 0.1) is 6.92 Å². The van der Waals surface area contributed by atoms with Crippen LogP contribution in [0.1, 0.15) is 19.2 Å². The number of aromatic nitrogens is 2. The van der Waals surface area contributed by atoms with Crippen LogP contribution in [0.5, 0.6) is 0 Å². The summed E-state index contributed by atoms with van der Waals surface area (Å²) in [6.45, 7) is 4.70. The number of nitrogens with zero attached hydrogens (tertiary/aromatic N) is 2. The second-order valence-corrected chi connectivity index (χ2v) is 5.84. The minimum absolute atomic E-state index is 0.0766. The van der Waals surface area contributed by atoms with Crippen molar-refractivity contribution < 1.29 is 0 Å². The van der Waals surface area contributed by atoms with Crippen molar-refractivity contribution in [2.75, 3.05) is 0 Å². The van der Waals surface area contributed by atoms with Crippen molar-refractivity contribution in [3.8, 4) is 10.4 Å². The predicted molar refractivity (Wildman–Crippen MR) is 84.3 cm³/mol. The minimum Gasteiger partial charge on any atom is -0.296 e. The van der Waals surface area contributed by atoms with E-state index in [1.165, 1.54) is 0 Å².